The number of imidazole rings is 1. The molecule has 0 bridgehead atoms. The number of H-pyrrole nitrogens is 1. The summed E-state index contributed by atoms with van der Waals surface area (Å²) in [7, 11) is 0. The number of phenolic OH excluding ortho intramolecular Hbond substituents is 1. The number of nitrogens with one attached hydrogen (secondary N) is 5. The van der Waals surface area contributed by atoms with Crippen LogP contribution in [0.25, 0.3) is 0 Å². The van der Waals surface area contributed by atoms with Gasteiger partial charge in [-0.25, -0.2) is 9.78 Å². The summed E-state index contributed by atoms with van der Waals surface area (Å²) in [4.78, 5) is 57.0. The van der Waals surface area contributed by atoms with Gasteiger partial charge in [0.25, 0.3) is 0 Å². The zero-order valence-electron chi connectivity index (χ0n) is 19.4. The van der Waals surface area contributed by atoms with E-state index < -0.39 is 42.0 Å². The van der Waals surface area contributed by atoms with Gasteiger partial charge in [0.15, 0.2) is 0 Å². The Labute approximate surface area is 213 Å². The van der Waals surface area contributed by atoms with E-state index in [2.05, 4.69) is 43.9 Å². The summed E-state index contributed by atoms with van der Waals surface area (Å²) in [5, 5.41) is 29.8. The summed E-state index contributed by atoms with van der Waals surface area (Å²) in [5.74, 6) is -2.96. The van der Waals surface area contributed by atoms with Crippen LogP contribution in [0.4, 0.5) is 0 Å². The Hall–Kier alpha value is -3.58. The molecule has 2 aromatic rings. The van der Waals surface area contributed by atoms with Gasteiger partial charge in [0, 0.05) is 30.5 Å². The maximum Gasteiger partial charge on any atom is 0.326 e. The number of amides is 3. The maximum absolute atomic E-state index is 13.2. The molecule has 1 aromatic heterocycles. The van der Waals surface area contributed by atoms with Gasteiger partial charge < -0.3 is 36.5 Å². The van der Waals surface area contributed by atoms with Crippen LogP contribution >= 0.6 is 12.6 Å². The van der Waals surface area contributed by atoms with Crippen LogP contribution in [-0.2, 0) is 32.0 Å². The third kappa shape index (κ3) is 7.71. The number of benzene rings is 1. The molecule has 3 rings (SSSR count). The summed E-state index contributed by atoms with van der Waals surface area (Å²) < 4.78 is 0. The van der Waals surface area contributed by atoms with Gasteiger partial charge in [0.1, 0.15) is 23.9 Å². The lowest BCUT2D eigenvalue weighted by Crippen LogP contribution is -2.58. The van der Waals surface area contributed by atoms with E-state index in [1.54, 1.807) is 12.1 Å². The number of aromatic nitrogens is 2. The molecule has 3 amide bonds. The second-order valence-electron chi connectivity index (χ2n) is 8.50. The number of rotatable bonds is 12. The van der Waals surface area contributed by atoms with Crippen molar-refractivity contribution < 1.29 is 29.4 Å². The van der Waals surface area contributed by atoms with E-state index in [1.165, 1.54) is 24.7 Å². The zero-order valence-corrected chi connectivity index (χ0v) is 20.3. The fraction of sp³-hybridized carbons (Fsp3) is 0.435. The van der Waals surface area contributed by atoms with Crippen LogP contribution in [0.2, 0.25) is 0 Å². The number of phenols is 1. The number of carbonyl (C=O) groups is 4. The molecule has 1 saturated heterocycles. The first-order chi connectivity index (χ1) is 17.3. The highest BCUT2D eigenvalue weighted by Gasteiger charge is 2.31. The molecule has 0 aliphatic carbocycles. The average molecular weight is 519 g/mol. The minimum absolute atomic E-state index is 0.0256. The first-order valence-electron chi connectivity index (χ1n) is 11.5. The molecule has 194 valence electrons. The quantitative estimate of drug-likeness (QED) is 0.166. The predicted molar refractivity (Wildman–Crippen MR) is 132 cm³/mol. The lowest BCUT2D eigenvalue weighted by molar-refractivity contribution is -0.142. The average Bonchev–Trinajstić information content (AvgIpc) is 3.57. The highest BCUT2D eigenvalue weighted by Crippen LogP contribution is 2.13. The summed E-state index contributed by atoms with van der Waals surface area (Å²) in [6.07, 6.45) is 4.43. The van der Waals surface area contributed by atoms with Crippen molar-refractivity contribution in [1.29, 1.82) is 0 Å². The van der Waals surface area contributed by atoms with Gasteiger partial charge >= 0.3 is 5.97 Å². The summed E-state index contributed by atoms with van der Waals surface area (Å²) >= 11 is 4.15. The first-order valence-corrected chi connectivity index (χ1v) is 12.1. The van der Waals surface area contributed by atoms with Gasteiger partial charge in [0.2, 0.25) is 17.7 Å². The molecule has 36 heavy (non-hydrogen) atoms. The van der Waals surface area contributed by atoms with E-state index in [0.717, 1.165) is 6.42 Å². The van der Waals surface area contributed by atoms with Crippen molar-refractivity contribution in [2.75, 3.05) is 12.3 Å². The SMILES string of the molecule is O=C(O)C(Cc1cnc[nH]1)NC(=O)C(CS)NC(=O)C(Cc1ccc(O)cc1)NC(=O)C1CCCN1. The van der Waals surface area contributed by atoms with Crippen molar-refractivity contribution in [1.82, 2.24) is 31.2 Å². The summed E-state index contributed by atoms with van der Waals surface area (Å²) in [6, 6.07) is 2.38. The van der Waals surface area contributed by atoms with Crippen molar-refractivity contribution in [2.24, 2.45) is 0 Å². The maximum atomic E-state index is 13.2. The monoisotopic (exact) mass is 518 g/mol. The second-order valence-corrected chi connectivity index (χ2v) is 8.87. The molecule has 1 fully saturated rings. The van der Waals surface area contributed by atoms with Gasteiger partial charge in [0.05, 0.1) is 12.4 Å². The van der Waals surface area contributed by atoms with E-state index in [0.29, 0.717) is 24.2 Å². The number of carboxylic acid groups (broad SMARTS) is 1. The van der Waals surface area contributed by atoms with Crippen molar-refractivity contribution in [3.05, 3.63) is 48.0 Å². The molecule has 0 radical (unpaired) electrons. The molecular weight excluding hydrogens is 488 g/mol. The highest BCUT2D eigenvalue weighted by atomic mass is 32.1. The van der Waals surface area contributed by atoms with Crippen molar-refractivity contribution in [3.8, 4) is 5.75 Å². The lowest BCUT2D eigenvalue weighted by Gasteiger charge is -2.24. The van der Waals surface area contributed by atoms with Crippen molar-refractivity contribution >= 4 is 36.3 Å². The van der Waals surface area contributed by atoms with Crippen LogP contribution in [0.3, 0.4) is 0 Å². The third-order valence-corrected chi connectivity index (χ3v) is 6.16. The van der Waals surface area contributed by atoms with Gasteiger partial charge in [-0.2, -0.15) is 12.6 Å². The number of thiol groups is 1. The fourth-order valence-electron chi connectivity index (χ4n) is 3.81. The molecule has 0 saturated carbocycles. The third-order valence-electron chi connectivity index (χ3n) is 5.79. The molecular formula is C23H30N6O6S. The molecule has 0 spiro atoms. The van der Waals surface area contributed by atoms with Gasteiger partial charge in [-0.05, 0) is 37.1 Å². The molecule has 13 heteroatoms. The number of aromatic amines is 1. The number of aliphatic carboxylic acids is 1. The van der Waals surface area contributed by atoms with Crippen LogP contribution in [0.5, 0.6) is 5.75 Å². The van der Waals surface area contributed by atoms with E-state index in [-0.39, 0.29) is 30.3 Å². The normalized spacial score (nSPS) is 17.5. The van der Waals surface area contributed by atoms with Crippen LogP contribution < -0.4 is 21.3 Å². The van der Waals surface area contributed by atoms with E-state index >= 15 is 0 Å². The molecule has 1 aliphatic rings. The standard InChI is InChI=1S/C23H30N6O6S/c30-15-5-3-13(4-6-15)8-17(27-20(31)16-2-1-7-25-16)21(32)29-19(11-36)22(33)28-18(23(34)35)9-14-10-24-12-26-14/h3-6,10,12,16-19,25,30,36H,1-2,7-9,11H2,(H,24,26)(H,27,31)(H,28,33)(H,29,32)(H,34,35). The van der Waals surface area contributed by atoms with E-state index in [9.17, 15) is 29.4 Å². The first kappa shape index (κ1) is 27.0. The minimum Gasteiger partial charge on any atom is -0.508 e. The Balaban J connectivity index is 1.68. The molecule has 1 aliphatic heterocycles. The van der Waals surface area contributed by atoms with Crippen LogP contribution in [0.15, 0.2) is 36.8 Å². The van der Waals surface area contributed by atoms with Crippen LogP contribution in [0.1, 0.15) is 24.1 Å². The van der Waals surface area contributed by atoms with Crippen molar-refractivity contribution in [3.63, 3.8) is 0 Å². The summed E-state index contributed by atoms with van der Waals surface area (Å²) in [6.45, 7) is 0.706. The summed E-state index contributed by atoms with van der Waals surface area (Å²) in [5.41, 5.74) is 1.20. The van der Waals surface area contributed by atoms with Crippen molar-refractivity contribution in [2.45, 2.75) is 49.9 Å². The van der Waals surface area contributed by atoms with Gasteiger partial charge in [-0.3, -0.25) is 14.4 Å². The number of carboxylic acids is 1. The zero-order chi connectivity index (χ0) is 26.1. The van der Waals surface area contributed by atoms with Crippen LogP contribution in [0, 0.1) is 0 Å². The largest absolute Gasteiger partial charge is 0.508 e. The van der Waals surface area contributed by atoms with Gasteiger partial charge in [-0.15, -0.1) is 0 Å². The van der Waals surface area contributed by atoms with E-state index in [4.69, 9.17) is 0 Å². The molecule has 1 aromatic carbocycles. The Morgan fingerprint density at radius 1 is 1.03 bits per heavy atom. The molecule has 4 atom stereocenters. The number of carbonyl (C=O) groups excluding carboxylic acids is 3. The Morgan fingerprint density at radius 3 is 2.31 bits per heavy atom. The Morgan fingerprint density at radius 2 is 1.72 bits per heavy atom. The fourth-order valence-corrected chi connectivity index (χ4v) is 4.07. The minimum atomic E-state index is -1.25. The molecule has 7 N–H and O–H groups in total. The predicted octanol–water partition coefficient (Wildman–Crippen LogP) is -0.879. The smallest absolute Gasteiger partial charge is 0.326 e. The Kier molecular flexibility index (Phi) is 9.70. The van der Waals surface area contributed by atoms with Crippen LogP contribution in [-0.4, -0.2) is 80.3 Å². The number of hydrogen-bond donors (Lipinski definition) is 8. The molecule has 2 heterocycles. The number of nitrogens with zero attached hydrogens (tertiary/aromatic N) is 1. The van der Waals surface area contributed by atoms with E-state index in [1.807, 2.05) is 0 Å². The topological polar surface area (TPSA) is 186 Å². The Bertz CT molecular complexity index is 1040. The number of hydrogen-bond acceptors (Lipinski definition) is 8. The van der Waals surface area contributed by atoms with Gasteiger partial charge in [-0.1, -0.05) is 12.1 Å². The lowest BCUT2D eigenvalue weighted by atomic mass is 10.0. The second kappa shape index (κ2) is 12.9. The highest BCUT2D eigenvalue weighted by molar-refractivity contribution is 7.80. The molecule has 4 unspecified atom stereocenters. The molecule has 12 nitrogen and oxygen atoms in total. The number of aromatic hydroxyl groups is 1.